The zero-order valence-corrected chi connectivity index (χ0v) is 37.0. The van der Waals surface area contributed by atoms with Gasteiger partial charge >= 0.3 is 135 Å². The number of para-hydroxylation sites is 2. The molecule has 5 aromatic carbocycles. The van der Waals surface area contributed by atoms with E-state index in [1.807, 2.05) is 54.6 Å². The number of fused-ring (bicyclic) bond motifs is 4. The fraction of sp³-hybridized carbons (Fsp3) is 0.180. The van der Waals surface area contributed by atoms with Crippen molar-refractivity contribution in [2.24, 2.45) is 0 Å². The second kappa shape index (κ2) is 16.9. The van der Waals surface area contributed by atoms with E-state index < -0.39 is 45.2 Å². The van der Waals surface area contributed by atoms with Gasteiger partial charge in [-0.25, -0.2) is 0 Å². The minimum absolute atomic E-state index is 0. The zero-order valence-electron chi connectivity index (χ0n) is 41.5. The summed E-state index contributed by atoms with van der Waals surface area (Å²) in [6.45, 7) is -3.06. The Bertz CT molecular complexity index is 3250. The van der Waals surface area contributed by atoms with Crippen LogP contribution in [0.25, 0.3) is 66.9 Å². The summed E-state index contributed by atoms with van der Waals surface area (Å²) in [5.74, 6) is 5.35. The Morgan fingerprint density at radius 2 is 1.60 bits per heavy atom. The largest absolute Gasteiger partial charge is 0.498 e. The second-order valence-electron chi connectivity index (χ2n) is 15.0. The molecule has 0 aliphatic heterocycles. The number of rotatable bonds is 7. The third-order valence-corrected chi connectivity index (χ3v) is 14.0. The van der Waals surface area contributed by atoms with Gasteiger partial charge in [-0.2, -0.15) is 0 Å². The van der Waals surface area contributed by atoms with Gasteiger partial charge in [0.15, 0.2) is 0 Å². The van der Waals surface area contributed by atoms with Crippen LogP contribution in [-0.4, -0.2) is 32.8 Å². The zero-order chi connectivity index (χ0) is 47.6. The van der Waals surface area contributed by atoms with Crippen molar-refractivity contribution in [1.29, 1.82) is 0 Å². The van der Waals surface area contributed by atoms with Crippen molar-refractivity contribution in [3.8, 4) is 33.8 Å². The standard InChI is InChI=1S/C32H22N3O.C18H23FGeN.Ir/c1-21-14-16-23(17-15-21)24-18-19-33-29-25-10-7-11-26(30(25)36-31(24)29)32-34-27-12-5-6-13-28(27)35(32)20-22-8-3-2-4-9-22;1-12(2)15-10-17(21-11-16(15)20(4,5)6)14-9-7-8-13(3)18(14)19;/h2-10,12-19H,20H2,1H3;7-8,10-12H,1-6H3;/q2*-1;/i1D3,20D2;3D3,12D;. The molecular weight excluding hydrogens is 956 g/mol. The van der Waals surface area contributed by atoms with Crippen molar-refractivity contribution in [3.63, 3.8) is 0 Å². The second-order valence-corrected chi connectivity index (χ2v) is 25.6. The maximum absolute atomic E-state index is 14.8. The molecular formula is C50H45FGeIrN4O-2. The Morgan fingerprint density at radius 1 is 0.862 bits per heavy atom. The molecule has 1 radical (unpaired) electrons. The number of halogens is 1. The van der Waals surface area contributed by atoms with Gasteiger partial charge in [0.25, 0.3) is 0 Å². The van der Waals surface area contributed by atoms with E-state index in [-0.39, 0.29) is 36.8 Å². The fourth-order valence-electron chi connectivity index (χ4n) is 6.88. The van der Waals surface area contributed by atoms with Gasteiger partial charge in [-0.1, -0.05) is 77.9 Å². The van der Waals surface area contributed by atoms with Crippen molar-refractivity contribution in [2.45, 2.75) is 57.2 Å². The van der Waals surface area contributed by atoms with Crippen LogP contribution in [-0.2, 0) is 26.6 Å². The van der Waals surface area contributed by atoms with Gasteiger partial charge in [0, 0.05) is 42.5 Å². The summed E-state index contributed by atoms with van der Waals surface area (Å²) in [5.41, 5.74) is 6.62. The van der Waals surface area contributed by atoms with Crippen LogP contribution in [0.15, 0.2) is 132 Å². The first-order valence-corrected chi connectivity index (χ1v) is 25.9. The minimum atomic E-state index is -2.54. The average Bonchev–Trinajstić information content (AvgIpc) is 3.85. The fourth-order valence-corrected chi connectivity index (χ4v) is 10.2. The molecule has 0 saturated heterocycles. The topological polar surface area (TPSA) is 56.7 Å². The van der Waals surface area contributed by atoms with E-state index in [1.165, 1.54) is 12.1 Å². The normalized spacial score (nSPS) is 14.7. The van der Waals surface area contributed by atoms with E-state index in [1.54, 1.807) is 79.3 Å². The molecule has 5 nitrogen and oxygen atoms in total. The van der Waals surface area contributed by atoms with Crippen molar-refractivity contribution >= 4 is 50.8 Å². The number of nitrogens with zero attached hydrogens (tertiary/aromatic N) is 4. The van der Waals surface area contributed by atoms with E-state index >= 15 is 0 Å². The molecule has 0 saturated carbocycles. The number of benzene rings is 5. The molecule has 4 aromatic heterocycles. The van der Waals surface area contributed by atoms with Gasteiger partial charge < -0.3 is 8.98 Å². The molecule has 9 aromatic rings. The van der Waals surface area contributed by atoms with E-state index in [0.717, 1.165) is 26.5 Å². The minimum Gasteiger partial charge on any atom is -0.498 e. The molecule has 4 heterocycles. The van der Waals surface area contributed by atoms with Crippen molar-refractivity contribution < 1.29 is 41.2 Å². The van der Waals surface area contributed by atoms with E-state index in [0.29, 0.717) is 50.4 Å². The van der Waals surface area contributed by atoms with Crippen LogP contribution in [0.1, 0.15) is 54.3 Å². The Labute approximate surface area is 368 Å². The first-order chi connectivity index (χ1) is 31.0. The van der Waals surface area contributed by atoms with E-state index in [9.17, 15) is 7.13 Å². The summed E-state index contributed by atoms with van der Waals surface area (Å²) in [6, 6.07) is 39.1. The van der Waals surface area contributed by atoms with E-state index in [4.69, 9.17) is 19.0 Å². The van der Waals surface area contributed by atoms with Crippen molar-refractivity contribution in [1.82, 2.24) is 19.5 Å². The maximum Gasteiger partial charge on any atom is 0.147 e. The predicted octanol–water partition coefficient (Wildman–Crippen LogP) is 12.5. The molecule has 0 aliphatic carbocycles. The molecule has 293 valence electrons. The van der Waals surface area contributed by atoms with Crippen LogP contribution in [0.5, 0.6) is 0 Å². The van der Waals surface area contributed by atoms with Crippen molar-refractivity contribution in [2.75, 3.05) is 0 Å². The smallest absolute Gasteiger partial charge is 0.147 e. The molecule has 58 heavy (non-hydrogen) atoms. The molecule has 8 heteroatoms. The number of furan rings is 1. The summed E-state index contributed by atoms with van der Waals surface area (Å²) in [5, 5.41) is 0.744. The van der Waals surface area contributed by atoms with Crippen LogP contribution < -0.4 is 4.40 Å². The molecule has 0 atom stereocenters. The van der Waals surface area contributed by atoms with Crippen LogP contribution in [0, 0.1) is 31.7 Å². The number of imidazole rings is 1. The molecule has 0 N–H and O–H groups in total. The van der Waals surface area contributed by atoms with Crippen LogP contribution >= 0.6 is 0 Å². The van der Waals surface area contributed by atoms with Crippen molar-refractivity contribution in [3.05, 3.63) is 168 Å². The number of hydrogen-bond acceptors (Lipinski definition) is 4. The monoisotopic (exact) mass is 1010 g/mol. The van der Waals surface area contributed by atoms with Gasteiger partial charge in [0.1, 0.15) is 5.58 Å². The first-order valence-electron chi connectivity index (χ1n) is 23.0. The summed E-state index contributed by atoms with van der Waals surface area (Å²) in [6.07, 6.45) is 3.43. The maximum atomic E-state index is 14.8. The summed E-state index contributed by atoms with van der Waals surface area (Å²) >= 11 is -2.28. The van der Waals surface area contributed by atoms with E-state index in [2.05, 4.69) is 39.4 Å². The number of hydrogen-bond donors (Lipinski definition) is 0. The molecule has 9 rings (SSSR count). The quantitative estimate of drug-likeness (QED) is 0.118. The Hall–Kier alpha value is -5.21. The number of aryl methyl sites for hydroxylation is 2. The Morgan fingerprint density at radius 3 is 2.34 bits per heavy atom. The van der Waals surface area contributed by atoms with Gasteiger partial charge in [-0.3, -0.25) is 9.97 Å². The molecule has 0 unspecified atom stereocenters. The first kappa shape index (κ1) is 30.8. The van der Waals surface area contributed by atoms with Gasteiger partial charge in [-0.05, 0) is 41.6 Å². The average molecular weight is 1010 g/mol. The SMILES string of the molecule is [2H]C([2H])([2H])c1cc[c-]c(-c2cc(C([2H])(C)C)[c]([Ge]([CH3])([CH3])[CH3])cn2)c1F.[2H]C([2H])([2H])c1ccc(-c2ccnc3c2oc2c(-c4nc5ccccc5n4C([2H])([2H])c4ccccc4)[c-]ccc23)cc1.[Ir]. The molecule has 0 spiro atoms. The Kier molecular flexibility index (Phi) is 9.00. The van der Waals surface area contributed by atoms with Gasteiger partial charge in [0.05, 0.1) is 30.7 Å². The molecule has 0 bridgehead atoms. The van der Waals surface area contributed by atoms with Gasteiger partial charge in [-0.15, -0.1) is 18.2 Å². The van der Waals surface area contributed by atoms with Crippen LogP contribution in [0.3, 0.4) is 0 Å². The Balaban J connectivity index is 0.000000221. The van der Waals surface area contributed by atoms with Crippen LogP contribution in [0.2, 0.25) is 17.3 Å². The molecule has 0 amide bonds. The summed E-state index contributed by atoms with van der Waals surface area (Å²) in [7, 11) is 0. The summed E-state index contributed by atoms with van der Waals surface area (Å²) < 4.78 is 96.3. The predicted molar refractivity (Wildman–Crippen MR) is 235 cm³/mol. The summed E-state index contributed by atoms with van der Waals surface area (Å²) in [4.78, 5) is 13.9. The number of aromatic nitrogens is 4. The molecule has 0 aliphatic rings. The van der Waals surface area contributed by atoms with Gasteiger partial charge in [0.2, 0.25) is 0 Å². The third-order valence-electron chi connectivity index (χ3n) is 9.75. The molecule has 0 fully saturated rings. The number of pyridine rings is 2. The van der Waals surface area contributed by atoms with Crippen LogP contribution in [0.4, 0.5) is 4.39 Å². The third kappa shape index (κ3) is 8.09.